The molecule has 0 radical (unpaired) electrons. The second-order valence-electron chi connectivity index (χ2n) is 12.2. The van der Waals surface area contributed by atoms with Crippen molar-refractivity contribution in [3.8, 4) is 50.2 Å². The van der Waals surface area contributed by atoms with Crippen LogP contribution in [-0.2, 0) is 11.5 Å². The molecule has 0 spiro atoms. The largest absolute Gasteiger partial charge is 0.309 e. The second-order valence-corrected chi connectivity index (χ2v) is 13.1. The number of benzene rings is 5. The minimum absolute atomic E-state index is 0.657. The van der Waals surface area contributed by atoms with Crippen LogP contribution in [0.25, 0.3) is 76.8 Å². The molecule has 0 atom stereocenters. The van der Waals surface area contributed by atoms with Crippen LogP contribution < -0.4 is 0 Å². The van der Waals surface area contributed by atoms with E-state index in [0.29, 0.717) is 5.69 Å². The molecule has 9 rings (SSSR count). The van der Waals surface area contributed by atoms with Gasteiger partial charge < -0.3 is 4.57 Å². The second kappa shape index (κ2) is 11.7. The first-order chi connectivity index (χ1) is 23.7. The Morgan fingerprint density at radius 1 is 0.542 bits per heavy atom. The molecule has 8 aromatic rings. The fourth-order valence-corrected chi connectivity index (χ4v) is 8.03. The van der Waals surface area contributed by atoms with E-state index in [9.17, 15) is 0 Å². The number of hydrogen-bond donors (Lipinski definition) is 0. The highest BCUT2D eigenvalue weighted by atomic mass is 32.2. The first-order valence-electron chi connectivity index (χ1n) is 15.9. The van der Waals surface area contributed by atoms with Crippen LogP contribution in [0.4, 0.5) is 5.69 Å². The standard InChI is InChI=1S/C43H28N4S/c1-44-36-13-15-43-41(22-36)38-8-2-3-9-42(38)47(43)37-14-12-32-27-48-26-31-11-10-28(21-39(31)40(32)23-37)33-18-34(29-6-4-16-45-24-29)20-35(19-33)30-7-5-17-46-25-30/h2-25H,26-27H2. The van der Waals surface area contributed by atoms with Gasteiger partial charge in [0.25, 0.3) is 0 Å². The molecular formula is C43H28N4S. The van der Waals surface area contributed by atoms with Crippen LogP contribution >= 0.6 is 11.8 Å². The molecule has 0 bridgehead atoms. The zero-order valence-corrected chi connectivity index (χ0v) is 26.8. The zero-order chi connectivity index (χ0) is 32.0. The fourth-order valence-electron chi connectivity index (χ4n) is 6.99. The summed E-state index contributed by atoms with van der Waals surface area (Å²) >= 11 is 1.97. The number of para-hydroxylation sites is 1. The molecule has 226 valence electrons. The molecule has 3 aromatic heterocycles. The topological polar surface area (TPSA) is 35.1 Å². The summed E-state index contributed by atoms with van der Waals surface area (Å²) in [5, 5.41) is 2.26. The summed E-state index contributed by atoms with van der Waals surface area (Å²) in [6.07, 6.45) is 7.48. The molecule has 1 aliphatic heterocycles. The third-order valence-corrected chi connectivity index (χ3v) is 10.3. The van der Waals surface area contributed by atoms with Crippen LogP contribution in [0.3, 0.4) is 0 Å². The molecule has 0 saturated heterocycles. The predicted octanol–water partition coefficient (Wildman–Crippen LogP) is 11.5. The molecule has 4 heterocycles. The van der Waals surface area contributed by atoms with Crippen molar-refractivity contribution >= 4 is 39.3 Å². The summed E-state index contributed by atoms with van der Waals surface area (Å²) in [4.78, 5) is 12.5. The van der Waals surface area contributed by atoms with E-state index in [1.165, 1.54) is 27.8 Å². The van der Waals surface area contributed by atoms with E-state index in [1.54, 1.807) is 0 Å². The molecular weight excluding hydrogens is 605 g/mol. The predicted molar refractivity (Wildman–Crippen MR) is 199 cm³/mol. The van der Waals surface area contributed by atoms with E-state index in [2.05, 4.69) is 116 Å². The number of aromatic nitrogens is 3. The van der Waals surface area contributed by atoms with Crippen LogP contribution in [0.2, 0.25) is 0 Å². The number of pyridine rings is 2. The van der Waals surface area contributed by atoms with Gasteiger partial charge in [0.1, 0.15) is 0 Å². The molecule has 0 amide bonds. The van der Waals surface area contributed by atoms with Gasteiger partial charge in [0, 0.05) is 58.5 Å². The molecule has 0 N–H and O–H groups in total. The molecule has 0 unspecified atom stereocenters. The lowest BCUT2D eigenvalue weighted by Crippen LogP contribution is -1.97. The Hall–Kier alpha value is -5.96. The first kappa shape index (κ1) is 28.3. The van der Waals surface area contributed by atoms with Crippen LogP contribution in [-0.4, -0.2) is 14.5 Å². The van der Waals surface area contributed by atoms with Gasteiger partial charge >= 0.3 is 0 Å². The maximum absolute atomic E-state index is 7.59. The van der Waals surface area contributed by atoms with E-state index in [0.717, 1.165) is 66.8 Å². The lowest BCUT2D eigenvalue weighted by atomic mass is 9.90. The Kier molecular flexibility index (Phi) is 6.88. The zero-order valence-electron chi connectivity index (χ0n) is 26.0. The smallest absolute Gasteiger partial charge is 0.188 e. The fraction of sp³-hybridized carbons (Fsp3) is 0.0465. The maximum Gasteiger partial charge on any atom is 0.188 e. The molecule has 5 heteroatoms. The van der Waals surface area contributed by atoms with Crippen molar-refractivity contribution in [1.29, 1.82) is 0 Å². The Bertz CT molecular complexity index is 2490. The molecule has 5 aromatic carbocycles. The lowest BCUT2D eigenvalue weighted by molar-refractivity contribution is 1.17. The van der Waals surface area contributed by atoms with Crippen molar-refractivity contribution in [3.63, 3.8) is 0 Å². The number of rotatable bonds is 4. The highest BCUT2D eigenvalue weighted by Gasteiger charge is 2.19. The maximum atomic E-state index is 7.59. The van der Waals surface area contributed by atoms with Gasteiger partial charge in [0.05, 0.1) is 17.6 Å². The van der Waals surface area contributed by atoms with Gasteiger partial charge in [-0.1, -0.05) is 54.6 Å². The molecule has 0 aliphatic carbocycles. The average Bonchev–Trinajstić information content (AvgIpc) is 3.37. The van der Waals surface area contributed by atoms with Crippen molar-refractivity contribution in [2.45, 2.75) is 11.5 Å². The number of nitrogens with zero attached hydrogens (tertiary/aromatic N) is 4. The van der Waals surface area contributed by atoms with Crippen LogP contribution in [0, 0.1) is 6.57 Å². The highest BCUT2D eigenvalue weighted by molar-refractivity contribution is 7.97. The summed E-state index contributed by atoms with van der Waals surface area (Å²) < 4.78 is 2.35. The SMILES string of the molecule is [C-]#[N+]c1ccc2c(c1)c1ccccc1n2-c1ccc2c(c1)-c1cc(-c3cc(-c4cccnc4)cc(-c4cccnc4)c3)ccc1CSC2. The Labute approximate surface area is 283 Å². The lowest BCUT2D eigenvalue weighted by Gasteiger charge is -2.16. The third kappa shape index (κ3) is 4.86. The first-order valence-corrected chi connectivity index (χ1v) is 17.1. The Morgan fingerprint density at radius 3 is 1.88 bits per heavy atom. The Morgan fingerprint density at radius 2 is 1.19 bits per heavy atom. The molecule has 0 saturated carbocycles. The summed E-state index contributed by atoms with van der Waals surface area (Å²) in [5.74, 6) is 1.92. The normalized spacial score (nSPS) is 12.3. The van der Waals surface area contributed by atoms with Gasteiger partial charge in [-0.05, 0) is 117 Å². The average molecular weight is 633 g/mol. The van der Waals surface area contributed by atoms with Crippen LogP contribution in [0.5, 0.6) is 0 Å². The van der Waals surface area contributed by atoms with Crippen molar-refractivity contribution in [2.24, 2.45) is 0 Å². The minimum Gasteiger partial charge on any atom is -0.309 e. The van der Waals surface area contributed by atoms with Gasteiger partial charge in [-0.2, -0.15) is 11.8 Å². The van der Waals surface area contributed by atoms with Gasteiger partial charge in [-0.25, -0.2) is 4.85 Å². The minimum atomic E-state index is 0.657. The van der Waals surface area contributed by atoms with Crippen LogP contribution in [0.1, 0.15) is 11.1 Å². The third-order valence-electron chi connectivity index (χ3n) is 9.31. The number of fused-ring (bicyclic) bond motifs is 6. The monoisotopic (exact) mass is 632 g/mol. The van der Waals surface area contributed by atoms with Gasteiger partial charge in [0.15, 0.2) is 5.69 Å². The number of hydrogen-bond acceptors (Lipinski definition) is 3. The highest BCUT2D eigenvalue weighted by Crippen LogP contribution is 2.42. The summed E-state index contributed by atoms with van der Waals surface area (Å²) in [5.41, 5.74) is 16.0. The van der Waals surface area contributed by atoms with Gasteiger partial charge in [-0.3, -0.25) is 9.97 Å². The summed E-state index contributed by atoms with van der Waals surface area (Å²) in [6.45, 7) is 7.59. The van der Waals surface area contributed by atoms with Crippen molar-refractivity contribution in [2.75, 3.05) is 0 Å². The molecule has 1 aliphatic rings. The van der Waals surface area contributed by atoms with E-state index in [1.807, 2.05) is 60.8 Å². The van der Waals surface area contributed by atoms with E-state index in [4.69, 9.17) is 6.57 Å². The van der Waals surface area contributed by atoms with Gasteiger partial charge in [0.2, 0.25) is 0 Å². The van der Waals surface area contributed by atoms with Gasteiger partial charge in [-0.15, -0.1) is 0 Å². The van der Waals surface area contributed by atoms with E-state index in [-0.39, 0.29) is 0 Å². The molecule has 0 fully saturated rings. The number of thioether (sulfide) groups is 1. The Balaban J connectivity index is 1.23. The molecule has 4 nitrogen and oxygen atoms in total. The summed E-state index contributed by atoms with van der Waals surface area (Å²) in [6, 6.07) is 43.4. The van der Waals surface area contributed by atoms with Crippen molar-refractivity contribution in [1.82, 2.24) is 14.5 Å². The quantitative estimate of drug-likeness (QED) is 0.181. The van der Waals surface area contributed by atoms with E-state index < -0.39 is 0 Å². The van der Waals surface area contributed by atoms with Crippen LogP contribution in [0.15, 0.2) is 146 Å². The van der Waals surface area contributed by atoms with Crippen molar-refractivity contribution < 1.29 is 0 Å². The van der Waals surface area contributed by atoms with E-state index >= 15 is 0 Å². The summed E-state index contributed by atoms with van der Waals surface area (Å²) in [7, 11) is 0. The molecule has 48 heavy (non-hydrogen) atoms. The van der Waals surface area contributed by atoms with Crippen molar-refractivity contribution in [3.05, 3.63) is 169 Å².